The molecule has 3 aromatic rings. The van der Waals surface area contributed by atoms with E-state index >= 15 is 0 Å². The van der Waals surface area contributed by atoms with Crippen LogP contribution in [0.15, 0.2) is 49.1 Å². The molecule has 1 saturated heterocycles. The molecule has 242 valence electrons. The summed E-state index contributed by atoms with van der Waals surface area (Å²) in [7, 11) is 1.92. The Kier molecular flexibility index (Phi) is 9.09. The number of carbonyl (C=O) groups is 1. The van der Waals surface area contributed by atoms with Crippen molar-refractivity contribution in [1.82, 2.24) is 19.8 Å². The number of nitriles is 1. The number of ether oxygens (including phenoxy) is 1. The highest BCUT2D eigenvalue weighted by atomic mass is 19.3. The van der Waals surface area contributed by atoms with Gasteiger partial charge in [-0.15, -0.1) is 0 Å². The van der Waals surface area contributed by atoms with E-state index in [9.17, 15) is 18.8 Å². The van der Waals surface area contributed by atoms with Crippen LogP contribution < -0.4 is 14.5 Å². The van der Waals surface area contributed by atoms with E-state index in [0.717, 1.165) is 35.7 Å². The maximum Gasteiger partial charge on any atom is 0.318 e. The van der Waals surface area contributed by atoms with Gasteiger partial charge in [-0.3, -0.25) is 4.79 Å². The smallest absolute Gasteiger partial charge is 0.318 e. The van der Waals surface area contributed by atoms with Gasteiger partial charge >= 0.3 is 6.01 Å². The van der Waals surface area contributed by atoms with Gasteiger partial charge in [-0.1, -0.05) is 36.9 Å². The van der Waals surface area contributed by atoms with Crippen molar-refractivity contribution < 1.29 is 18.3 Å². The second-order valence-electron chi connectivity index (χ2n) is 12.8. The highest BCUT2D eigenvalue weighted by molar-refractivity contribution is 5.97. The summed E-state index contributed by atoms with van der Waals surface area (Å²) >= 11 is 0. The van der Waals surface area contributed by atoms with Crippen LogP contribution in [-0.4, -0.2) is 90.6 Å². The molecule has 1 saturated carbocycles. The largest absolute Gasteiger partial charge is 0.462 e. The SMILES string of the molecule is C=CC(=O)N1CCN(c2nc(OCCN(C)CC3CC(F)(F)C3)nc3c2CCN(c2cccc4cccc(C)c24)C3)C[C@@H]1CC#N. The minimum Gasteiger partial charge on any atom is -0.462 e. The minimum atomic E-state index is -2.52. The molecule has 2 fully saturated rings. The van der Waals surface area contributed by atoms with Crippen molar-refractivity contribution in [1.29, 1.82) is 5.26 Å². The van der Waals surface area contributed by atoms with E-state index in [1.165, 1.54) is 22.4 Å². The van der Waals surface area contributed by atoms with E-state index in [1.54, 1.807) is 4.90 Å². The number of halogens is 2. The van der Waals surface area contributed by atoms with Crippen LogP contribution in [0, 0.1) is 24.2 Å². The Balaban J connectivity index is 1.26. The number of benzene rings is 2. The number of piperazine rings is 1. The van der Waals surface area contributed by atoms with Crippen molar-refractivity contribution in [3.8, 4) is 12.1 Å². The molecule has 0 bridgehead atoms. The predicted octanol–water partition coefficient (Wildman–Crippen LogP) is 4.97. The van der Waals surface area contributed by atoms with Crippen LogP contribution in [0.25, 0.3) is 10.8 Å². The average molecular weight is 630 g/mol. The first-order chi connectivity index (χ1) is 22.2. The molecular formula is C35H41F2N7O2. The van der Waals surface area contributed by atoms with Gasteiger partial charge in [0.05, 0.1) is 30.8 Å². The quantitative estimate of drug-likeness (QED) is 0.291. The number of fused-ring (bicyclic) bond motifs is 2. The van der Waals surface area contributed by atoms with Gasteiger partial charge in [0.1, 0.15) is 12.4 Å². The summed E-state index contributed by atoms with van der Waals surface area (Å²) in [5, 5.41) is 12.0. The van der Waals surface area contributed by atoms with E-state index in [1.807, 2.05) is 11.9 Å². The zero-order chi connectivity index (χ0) is 32.4. The summed E-state index contributed by atoms with van der Waals surface area (Å²) in [6.45, 7) is 10.1. The minimum absolute atomic E-state index is 0.00304. The van der Waals surface area contributed by atoms with Gasteiger partial charge < -0.3 is 24.3 Å². The van der Waals surface area contributed by atoms with Crippen LogP contribution in [0.2, 0.25) is 0 Å². The molecule has 0 spiro atoms. The summed E-state index contributed by atoms with van der Waals surface area (Å²) in [6, 6.07) is 15.0. The first kappa shape index (κ1) is 31.7. The Morgan fingerprint density at radius 3 is 2.70 bits per heavy atom. The van der Waals surface area contributed by atoms with Gasteiger partial charge in [0.2, 0.25) is 11.8 Å². The number of likely N-dealkylation sites (N-methyl/N-ethyl adjacent to an activating group) is 1. The zero-order valence-electron chi connectivity index (χ0n) is 26.6. The number of aromatic nitrogens is 2. The molecule has 1 aliphatic carbocycles. The first-order valence-corrected chi connectivity index (χ1v) is 16.0. The molecule has 3 heterocycles. The van der Waals surface area contributed by atoms with Crippen molar-refractivity contribution in [2.24, 2.45) is 5.92 Å². The van der Waals surface area contributed by atoms with Gasteiger partial charge in [-0.25, -0.2) is 8.78 Å². The van der Waals surface area contributed by atoms with Crippen molar-refractivity contribution in [3.05, 3.63) is 65.9 Å². The Morgan fingerprint density at radius 1 is 1.17 bits per heavy atom. The maximum atomic E-state index is 13.3. The van der Waals surface area contributed by atoms with Crippen molar-refractivity contribution in [2.75, 3.05) is 62.7 Å². The van der Waals surface area contributed by atoms with Gasteiger partial charge in [-0.05, 0) is 49.4 Å². The normalized spacial score (nSPS) is 19.5. The Morgan fingerprint density at radius 2 is 1.96 bits per heavy atom. The molecule has 0 N–H and O–H groups in total. The van der Waals surface area contributed by atoms with Gasteiger partial charge in [-0.2, -0.15) is 15.2 Å². The lowest BCUT2D eigenvalue weighted by Crippen LogP contribution is -2.55. The molecule has 2 aromatic carbocycles. The molecule has 0 unspecified atom stereocenters. The Hall–Kier alpha value is -4.30. The van der Waals surface area contributed by atoms with E-state index in [2.05, 4.69) is 65.8 Å². The summed E-state index contributed by atoms with van der Waals surface area (Å²) in [6.07, 6.45) is 2.13. The number of nitrogens with zero attached hydrogens (tertiary/aromatic N) is 7. The molecule has 6 rings (SSSR count). The van der Waals surface area contributed by atoms with Gasteiger partial charge in [0.15, 0.2) is 0 Å². The molecule has 1 aromatic heterocycles. The van der Waals surface area contributed by atoms with Crippen LogP contribution in [0.5, 0.6) is 6.01 Å². The first-order valence-electron chi connectivity index (χ1n) is 16.0. The zero-order valence-corrected chi connectivity index (χ0v) is 26.6. The number of hydrogen-bond acceptors (Lipinski definition) is 8. The fraction of sp³-hybridized carbons (Fsp3) is 0.486. The standard InChI is InChI=1S/C35H41F2N7O2/c1-4-31(45)44-16-15-43(22-27(44)11-13-38)33-28-12-14-42(30-10-6-9-26-8-5-7-24(2)32(26)30)23-29(28)39-34(40-33)46-18-17-41(3)21-25-19-35(36,37)20-25/h4-10,25,27H,1,11-12,14-23H2,2-3H3/t27-/m0/s1. The molecule has 2 aliphatic heterocycles. The second-order valence-corrected chi connectivity index (χ2v) is 12.8. The van der Waals surface area contributed by atoms with Crippen molar-refractivity contribution in [2.45, 2.75) is 51.1 Å². The third-order valence-electron chi connectivity index (χ3n) is 9.47. The molecule has 3 aliphatic rings. The Labute approximate surface area is 269 Å². The molecule has 0 radical (unpaired) electrons. The molecule has 11 heteroatoms. The maximum absolute atomic E-state index is 13.3. The molecular weight excluding hydrogens is 588 g/mol. The fourth-order valence-corrected chi connectivity index (χ4v) is 7.16. The third-order valence-corrected chi connectivity index (χ3v) is 9.47. The van der Waals surface area contributed by atoms with Crippen molar-refractivity contribution >= 4 is 28.2 Å². The lowest BCUT2D eigenvalue weighted by atomic mass is 9.81. The van der Waals surface area contributed by atoms with E-state index < -0.39 is 5.92 Å². The van der Waals surface area contributed by atoms with Crippen molar-refractivity contribution in [3.63, 3.8) is 0 Å². The average Bonchev–Trinajstić information content (AvgIpc) is 3.03. The summed E-state index contributed by atoms with van der Waals surface area (Å²) in [4.78, 5) is 30.6. The number of hydrogen-bond donors (Lipinski definition) is 0. The molecule has 46 heavy (non-hydrogen) atoms. The van der Waals surface area contributed by atoms with E-state index in [4.69, 9.17) is 14.7 Å². The number of carbonyl (C=O) groups excluding carboxylic acids is 1. The summed E-state index contributed by atoms with van der Waals surface area (Å²) in [5.74, 6) is -1.91. The predicted molar refractivity (Wildman–Crippen MR) is 174 cm³/mol. The summed E-state index contributed by atoms with van der Waals surface area (Å²) < 4.78 is 32.8. The number of alkyl halides is 2. The van der Waals surface area contributed by atoms with Crippen LogP contribution in [-0.2, 0) is 17.8 Å². The molecule has 1 atom stereocenters. The lowest BCUT2D eigenvalue weighted by molar-refractivity contribution is -0.128. The van der Waals surface area contributed by atoms with E-state index in [-0.39, 0.29) is 43.1 Å². The van der Waals surface area contributed by atoms with Crippen LogP contribution >= 0.6 is 0 Å². The fourth-order valence-electron chi connectivity index (χ4n) is 7.16. The van der Waals surface area contributed by atoms with Crippen LogP contribution in [0.4, 0.5) is 20.3 Å². The highest BCUT2D eigenvalue weighted by Gasteiger charge is 2.45. The van der Waals surface area contributed by atoms with Gasteiger partial charge in [0, 0.05) is 68.7 Å². The second kappa shape index (κ2) is 13.2. The topological polar surface area (TPSA) is 88.8 Å². The number of anilines is 2. The molecule has 9 nitrogen and oxygen atoms in total. The van der Waals surface area contributed by atoms with E-state index in [0.29, 0.717) is 45.9 Å². The van der Waals surface area contributed by atoms with Crippen LogP contribution in [0.3, 0.4) is 0 Å². The van der Waals surface area contributed by atoms with Gasteiger partial charge in [0.25, 0.3) is 0 Å². The highest BCUT2D eigenvalue weighted by Crippen LogP contribution is 2.42. The monoisotopic (exact) mass is 629 g/mol. The third kappa shape index (κ3) is 6.63. The molecule has 1 amide bonds. The summed E-state index contributed by atoms with van der Waals surface area (Å²) in [5.41, 5.74) is 4.33. The number of amides is 1. The Bertz CT molecular complexity index is 1640. The number of aryl methyl sites for hydroxylation is 1. The number of rotatable bonds is 10. The lowest BCUT2D eigenvalue weighted by Gasteiger charge is -2.42. The van der Waals surface area contributed by atoms with Crippen LogP contribution in [0.1, 0.15) is 36.1 Å².